The van der Waals surface area contributed by atoms with Crippen molar-refractivity contribution in [2.45, 2.75) is 88.9 Å². The second kappa shape index (κ2) is 9.74. The Balaban J connectivity index is 1.41. The maximum atomic E-state index is 12.8. The number of amides is 2. The monoisotopic (exact) mass is 541 g/mol. The molecule has 1 N–H and O–H groups in total. The van der Waals surface area contributed by atoms with Crippen LogP contribution in [0.3, 0.4) is 0 Å². The number of hydrogen-bond acceptors (Lipinski definition) is 9. The van der Waals surface area contributed by atoms with Crippen LogP contribution in [0.1, 0.15) is 57.8 Å². The minimum absolute atomic E-state index is 0.0942. The van der Waals surface area contributed by atoms with Gasteiger partial charge < -0.3 is 29.1 Å². The minimum Gasteiger partial charge on any atom is -0.459 e. The van der Waals surface area contributed by atoms with Crippen molar-refractivity contribution in [3.8, 4) is 0 Å². The first-order valence-electron chi connectivity index (χ1n) is 13.0. The molecule has 1 spiro atoms. The summed E-state index contributed by atoms with van der Waals surface area (Å²) in [4.78, 5) is 44.4. The largest absolute Gasteiger partial charge is 0.459 e. The first kappa shape index (κ1) is 27.3. The fourth-order valence-electron chi connectivity index (χ4n) is 6.24. The number of urea groups is 1. The average molecular weight is 542 g/mol. The molecule has 4 aliphatic heterocycles. The van der Waals surface area contributed by atoms with E-state index < -0.39 is 59.4 Å². The SMILES string of the molecule is C=C1C=CN(C2OC(COC(=O)c3ccccc3)C3OC4(CC(C)(C)N(OC(C)=O)C(C)(C)C4)OC32)C(=O)N1. The molecular weight excluding hydrogens is 506 g/mol. The Morgan fingerprint density at radius 1 is 1.08 bits per heavy atom. The van der Waals surface area contributed by atoms with Gasteiger partial charge in [-0.2, -0.15) is 0 Å². The molecule has 4 aliphatic rings. The number of carbonyl (C=O) groups excluding carboxylic acids is 3. The number of hydrogen-bond donors (Lipinski definition) is 1. The molecule has 1 aromatic carbocycles. The van der Waals surface area contributed by atoms with Crippen LogP contribution in [0.2, 0.25) is 0 Å². The molecule has 39 heavy (non-hydrogen) atoms. The molecule has 0 radical (unpaired) electrons. The van der Waals surface area contributed by atoms with Gasteiger partial charge in [0.15, 0.2) is 12.0 Å². The third-order valence-corrected chi connectivity index (χ3v) is 7.31. The normalized spacial score (nSPS) is 30.6. The molecule has 0 bridgehead atoms. The van der Waals surface area contributed by atoms with E-state index in [1.807, 2.05) is 33.8 Å². The summed E-state index contributed by atoms with van der Waals surface area (Å²) in [7, 11) is 0. The summed E-state index contributed by atoms with van der Waals surface area (Å²) >= 11 is 0. The predicted molar refractivity (Wildman–Crippen MR) is 138 cm³/mol. The number of ether oxygens (including phenoxy) is 4. The van der Waals surface area contributed by atoms with Crippen molar-refractivity contribution >= 4 is 18.0 Å². The Bertz CT molecular complexity index is 1180. The van der Waals surface area contributed by atoms with Gasteiger partial charge in [-0.1, -0.05) is 24.8 Å². The predicted octanol–water partition coefficient (Wildman–Crippen LogP) is 3.23. The number of nitrogens with one attached hydrogen (secondary N) is 1. The van der Waals surface area contributed by atoms with Gasteiger partial charge >= 0.3 is 18.0 Å². The van der Waals surface area contributed by atoms with Gasteiger partial charge in [-0.15, -0.1) is 5.06 Å². The number of allylic oxidation sites excluding steroid dienone is 1. The molecule has 3 fully saturated rings. The lowest BCUT2D eigenvalue weighted by Gasteiger charge is -2.55. The molecule has 210 valence electrons. The molecule has 11 nitrogen and oxygen atoms in total. The summed E-state index contributed by atoms with van der Waals surface area (Å²) in [6.45, 7) is 12.9. The number of hydroxylamine groups is 2. The second-order valence-electron chi connectivity index (χ2n) is 11.6. The maximum absolute atomic E-state index is 12.8. The molecule has 3 saturated heterocycles. The summed E-state index contributed by atoms with van der Waals surface area (Å²) in [5, 5.41) is 4.39. The first-order valence-corrected chi connectivity index (χ1v) is 13.0. The third kappa shape index (κ3) is 5.19. The quantitative estimate of drug-likeness (QED) is 0.561. The van der Waals surface area contributed by atoms with E-state index in [2.05, 4.69) is 11.9 Å². The van der Waals surface area contributed by atoms with Gasteiger partial charge in [0, 0.05) is 31.7 Å². The van der Waals surface area contributed by atoms with E-state index in [0.29, 0.717) is 24.1 Å². The van der Waals surface area contributed by atoms with Gasteiger partial charge in [-0.05, 0) is 45.9 Å². The van der Waals surface area contributed by atoms with Crippen molar-refractivity contribution in [1.82, 2.24) is 15.3 Å². The Kier molecular flexibility index (Phi) is 6.82. The second-order valence-corrected chi connectivity index (χ2v) is 11.6. The van der Waals surface area contributed by atoms with Gasteiger partial charge in [-0.3, -0.25) is 9.69 Å². The number of piperidine rings is 1. The third-order valence-electron chi connectivity index (χ3n) is 7.31. The van der Waals surface area contributed by atoms with Gasteiger partial charge in [-0.25, -0.2) is 9.59 Å². The van der Waals surface area contributed by atoms with Crippen molar-refractivity contribution in [3.05, 3.63) is 60.4 Å². The van der Waals surface area contributed by atoms with Crippen molar-refractivity contribution in [3.63, 3.8) is 0 Å². The molecule has 4 atom stereocenters. The van der Waals surface area contributed by atoms with Crippen LogP contribution in [0.4, 0.5) is 4.79 Å². The smallest absolute Gasteiger partial charge is 0.338 e. The minimum atomic E-state index is -1.05. The number of esters is 1. The number of nitrogens with zero attached hydrogens (tertiary/aromatic N) is 2. The lowest BCUT2D eigenvalue weighted by Crippen LogP contribution is -2.66. The van der Waals surface area contributed by atoms with Crippen molar-refractivity contribution in [1.29, 1.82) is 0 Å². The number of fused-ring (bicyclic) bond motifs is 1. The summed E-state index contributed by atoms with van der Waals surface area (Å²) in [6, 6.07) is 8.26. The summed E-state index contributed by atoms with van der Waals surface area (Å²) in [6.07, 6.45) is 1.19. The lowest BCUT2D eigenvalue weighted by molar-refractivity contribution is -0.332. The Labute approximate surface area is 227 Å². The topological polar surface area (TPSA) is 116 Å². The van der Waals surface area contributed by atoms with Crippen LogP contribution < -0.4 is 5.32 Å². The van der Waals surface area contributed by atoms with E-state index in [0.717, 1.165) is 0 Å². The Hall–Kier alpha value is -3.25. The molecule has 2 amide bonds. The van der Waals surface area contributed by atoms with E-state index in [1.54, 1.807) is 41.6 Å². The molecule has 5 rings (SSSR count). The van der Waals surface area contributed by atoms with E-state index in [-0.39, 0.29) is 6.61 Å². The van der Waals surface area contributed by atoms with E-state index in [1.165, 1.54) is 11.8 Å². The van der Waals surface area contributed by atoms with Gasteiger partial charge in [0.1, 0.15) is 24.9 Å². The number of carbonyl (C=O) groups is 3. The highest BCUT2D eigenvalue weighted by Crippen LogP contribution is 2.52. The van der Waals surface area contributed by atoms with Crippen LogP contribution in [0.5, 0.6) is 0 Å². The van der Waals surface area contributed by atoms with Gasteiger partial charge in [0.25, 0.3) is 0 Å². The van der Waals surface area contributed by atoms with Crippen molar-refractivity contribution in [2.75, 3.05) is 6.61 Å². The highest BCUT2D eigenvalue weighted by atomic mass is 16.8. The van der Waals surface area contributed by atoms with Gasteiger partial charge in [0.2, 0.25) is 0 Å². The molecule has 4 heterocycles. The highest BCUT2D eigenvalue weighted by molar-refractivity contribution is 5.89. The number of rotatable bonds is 5. The zero-order valence-electron chi connectivity index (χ0n) is 22.8. The summed E-state index contributed by atoms with van der Waals surface area (Å²) < 4.78 is 25.2. The molecule has 0 aromatic heterocycles. The van der Waals surface area contributed by atoms with Gasteiger partial charge in [0.05, 0.1) is 16.6 Å². The van der Waals surface area contributed by atoms with Crippen molar-refractivity contribution < 1.29 is 38.2 Å². The lowest BCUT2D eigenvalue weighted by atomic mass is 9.78. The van der Waals surface area contributed by atoms with Crippen LogP contribution in [-0.2, 0) is 28.6 Å². The van der Waals surface area contributed by atoms with Crippen LogP contribution in [0, 0.1) is 0 Å². The molecule has 4 unspecified atom stereocenters. The van der Waals surface area contributed by atoms with Crippen LogP contribution in [-0.4, -0.2) is 75.9 Å². The van der Waals surface area contributed by atoms with E-state index in [4.69, 9.17) is 23.8 Å². The zero-order valence-corrected chi connectivity index (χ0v) is 22.8. The van der Waals surface area contributed by atoms with Crippen molar-refractivity contribution in [2.24, 2.45) is 0 Å². The molecule has 1 aromatic rings. The average Bonchev–Trinajstić information content (AvgIpc) is 3.35. The Morgan fingerprint density at radius 3 is 2.33 bits per heavy atom. The fraction of sp³-hybridized carbons (Fsp3) is 0.536. The summed E-state index contributed by atoms with van der Waals surface area (Å²) in [5.74, 6) is -1.95. The van der Waals surface area contributed by atoms with Crippen LogP contribution >= 0.6 is 0 Å². The fourth-order valence-corrected chi connectivity index (χ4v) is 6.24. The van der Waals surface area contributed by atoms with Crippen LogP contribution in [0.25, 0.3) is 0 Å². The molecule has 0 saturated carbocycles. The maximum Gasteiger partial charge on any atom is 0.338 e. The van der Waals surface area contributed by atoms with E-state index in [9.17, 15) is 14.4 Å². The first-order chi connectivity index (χ1) is 18.3. The molecular formula is C28H35N3O8. The zero-order chi connectivity index (χ0) is 28.2. The highest BCUT2D eigenvalue weighted by Gasteiger charge is 2.65. The van der Waals surface area contributed by atoms with Crippen LogP contribution in [0.15, 0.2) is 54.9 Å². The standard InChI is InChI=1S/C28H35N3O8/c1-17-12-13-30(25(34)29-17)23-22-21(20(36-23)14-35-24(33)19-10-8-7-9-11-19)37-28(38-22)15-26(3,4)31(39-18(2)32)27(5,6)16-28/h7-13,20-23H,1,14-16H2,2-6H3,(H,29,34). The Morgan fingerprint density at radius 2 is 1.72 bits per heavy atom. The van der Waals surface area contributed by atoms with E-state index >= 15 is 0 Å². The molecule has 11 heteroatoms. The molecule has 0 aliphatic carbocycles. The summed E-state index contributed by atoms with van der Waals surface area (Å²) in [5.41, 5.74) is -0.405. The number of benzene rings is 1.